The van der Waals surface area contributed by atoms with Crippen LogP contribution in [0.1, 0.15) is 42.1 Å². The number of carboxylic acids is 1. The molecule has 2 aromatic rings. The Kier molecular flexibility index (Phi) is 5.35. The first-order valence-electron chi connectivity index (χ1n) is 8.60. The van der Waals surface area contributed by atoms with Crippen molar-refractivity contribution in [2.45, 2.75) is 25.4 Å². The highest BCUT2D eigenvalue weighted by molar-refractivity contribution is 5.86. The Morgan fingerprint density at radius 1 is 1.07 bits per heavy atom. The van der Waals surface area contributed by atoms with E-state index in [9.17, 15) is 19.5 Å². The maximum Gasteiger partial charge on any atom is 0.330 e. The minimum absolute atomic E-state index is 0.0302. The molecule has 1 aliphatic rings. The average molecular weight is 364 g/mol. The molecule has 0 aliphatic carbocycles. The quantitative estimate of drug-likeness (QED) is 0.854. The molecular weight excluding hydrogens is 344 g/mol. The molecule has 1 heterocycles. The van der Waals surface area contributed by atoms with Crippen molar-refractivity contribution >= 4 is 23.9 Å². The van der Waals surface area contributed by atoms with Gasteiger partial charge >= 0.3 is 5.97 Å². The van der Waals surface area contributed by atoms with E-state index in [-0.39, 0.29) is 12.3 Å². The number of fused-ring (bicyclic) bond motifs is 1. The molecule has 0 radical (unpaired) electrons. The van der Waals surface area contributed by atoms with E-state index in [0.717, 1.165) is 11.1 Å². The first-order valence-corrected chi connectivity index (χ1v) is 8.60. The summed E-state index contributed by atoms with van der Waals surface area (Å²) in [6.07, 6.45) is 3.46. The summed E-state index contributed by atoms with van der Waals surface area (Å²) in [6, 6.07) is 14.4. The fourth-order valence-corrected chi connectivity index (χ4v) is 3.24. The second kappa shape index (κ2) is 7.86. The summed E-state index contributed by atoms with van der Waals surface area (Å²) in [5.74, 6) is -1.76. The molecule has 0 fully saturated rings. The number of carboxylic acid groups (broad SMARTS) is 1. The molecule has 6 heteroatoms. The molecule has 0 saturated heterocycles. The van der Waals surface area contributed by atoms with Crippen LogP contribution in [-0.2, 0) is 14.4 Å². The van der Waals surface area contributed by atoms with Crippen LogP contribution >= 0.6 is 0 Å². The number of carbonyl (C=O) groups is 3. The number of hydrogen-bond donors (Lipinski definition) is 2. The smallest absolute Gasteiger partial charge is 0.330 e. The van der Waals surface area contributed by atoms with Gasteiger partial charge in [-0.15, -0.1) is 0 Å². The van der Waals surface area contributed by atoms with Crippen molar-refractivity contribution in [2.24, 2.45) is 0 Å². The van der Waals surface area contributed by atoms with Gasteiger partial charge in [-0.1, -0.05) is 54.6 Å². The third-order valence-electron chi connectivity index (χ3n) is 4.53. The maximum atomic E-state index is 12.6. The molecule has 2 N–H and O–H groups in total. The molecule has 0 bridgehead atoms. The second-order valence-corrected chi connectivity index (χ2v) is 6.34. The van der Waals surface area contributed by atoms with Gasteiger partial charge in [0.05, 0.1) is 12.5 Å². The summed E-state index contributed by atoms with van der Waals surface area (Å²) < 4.78 is 0. The summed E-state index contributed by atoms with van der Waals surface area (Å²) in [5.41, 5.74) is 2.29. The molecule has 3 rings (SSSR count). The SMILES string of the molecule is CC(=O)N1C=Cc2ccccc2[C@@H]1CC(=O)N[C@H](C(=O)O)c1ccccc1. The number of nitrogens with one attached hydrogen (secondary N) is 1. The van der Waals surface area contributed by atoms with Gasteiger partial charge in [0.2, 0.25) is 11.8 Å². The molecule has 6 nitrogen and oxygen atoms in total. The van der Waals surface area contributed by atoms with E-state index in [1.54, 1.807) is 36.5 Å². The first kappa shape index (κ1) is 18.4. The first-order chi connectivity index (χ1) is 13.0. The predicted octanol–water partition coefficient (Wildman–Crippen LogP) is 2.89. The molecule has 138 valence electrons. The van der Waals surface area contributed by atoms with Crippen LogP contribution in [0.3, 0.4) is 0 Å². The Morgan fingerprint density at radius 2 is 1.74 bits per heavy atom. The maximum absolute atomic E-state index is 12.6. The van der Waals surface area contributed by atoms with Crippen LogP contribution in [0.4, 0.5) is 0 Å². The van der Waals surface area contributed by atoms with Crippen LogP contribution in [0.25, 0.3) is 6.08 Å². The second-order valence-electron chi connectivity index (χ2n) is 6.34. The van der Waals surface area contributed by atoms with E-state index in [0.29, 0.717) is 5.56 Å². The van der Waals surface area contributed by atoms with E-state index < -0.39 is 24.0 Å². The largest absolute Gasteiger partial charge is 0.479 e. The lowest BCUT2D eigenvalue weighted by molar-refractivity contribution is -0.142. The van der Waals surface area contributed by atoms with E-state index >= 15 is 0 Å². The van der Waals surface area contributed by atoms with Crippen LogP contribution in [-0.4, -0.2) is 27.8 Å². The lowest BCUT2D eigenvalue weighted by atomic mass is 9.93. The van der Waals surface area contributed by atoms with E-state index in [4.69, 9.17) is 0 Å². The molecule has 0 aromatic heterocycles. The van der Waals surface area contributed by atoms with Gasteiger partial charge < -0.3 is 15.3 Å². The Morgan fingerprint density at radius 3 is 2.41 bits per heavy atom. The number of benzene rings is 2. The van der Waals surface area contributed by atoms with E-state index in [2.05, 4.69) is 5.32 Å². The third kappa shape index (κ3) is 4.06. The molecule has 2 amide bonds. The van der Waals surface area contributed by atoms with E-state index in [1.165, 1.54) is 11.8 Å². The third-order valence-corrected chi connectivity index (χ3v) is 4.53. The molecular formula is C21H20N2O4. The monoisotopic (exact) mass is 364 g/mol. The van der Waals surface area contributed by atoms with Crippen molar-refractivity contribution in [2.75, 3.05) is 0 Å². The molecule has 1 aliphatic heterocycles. The highest BCUT2D eigenvalue weighted by Gasteiger charge is 2.30. The summed E-state index contributed by atoms with van der Waals surface area (Å²) in [4.78, 5) is 37.8. The molecule has 0 unspecified atom stereocenters. The van der Waals surface area contributed by atoms with Gasteiger partial charge in [0.25, 0.3) is 0 Å². The number of rotatable bonds is 5. The average Bonchev–Trinajstić information content (AvgIpc) is 2.66. The zero-order valence-corrected chi connectivity index (χ0v) is 14.8. The van der Waals surface area contributed by atoms with Gasteiger partial charge in [0.15, 0.2) is 6.04 Å². The Bertz CT molecular complexity index is 892. The molecule has 27 heavy (non-hydrogen) atoms. The Hall–Kier alpha value is -3.41. The zero-order valence-electron chi connectivity index (χ0n) is 14.8. The molecule has 2 atom stereocenters. The van der Waals surface area contributed by atoms with Crippen LogP contribution in [0.2, 0.25) is 0 Å². The highest BCUT2D eigenvalue weighted by Crippen LogP contribution is 2.33. The van der Waals surface area contributed by atoms with Crippen LogP contribution < -0.4 is 5.32 Å². The minimum Gasteiger partial charge on any atom is -0.479 e. The van der Waals surface area contributed by atoms with E-state index in [1.807, 2.05) is 30.3 Å². The van der Waals surface area contributed by atoms with Crippen molar-refractivity contribution in [3.63, 3.8) is 0 Å². The summed E-state index contributed by atoms with van der Waals surface area (Å²) in [6.45, 7) is 1.44. The normalized spacial score (nSPS) is 16.3. The fourth-order valence-electron chi connectivity index (χ4n) is 3.24. The van der Waals surface area contributed by atoms with Crippen LogP contribution in [0.15, 0.2) is 60.8 Å². The van der Waals surface area contributed by atoms with Crippen molar-refractivity contribution in [1.29, 1.82) is 0 Å². The summed E-state index contributed by atoms with van der Waals surface area (Å²) >= 11 is 0. The lowest BCUT2D eigenvalue weighted by Crippen LogP contribution is -2.38. The van der Waals surface area contributed by atoms with Gasteiger partial charge in [-0.05, 0) is 22.8 Å². The molecule has 0 spiro atoms. The predicted molar refractivity (Wildman–Crippen MR) is 100 cm³/mol. The topological polar surface area (TPSA) is 86.7 Å². The van der Waals surface area contributed by atoms with Crippen molar-refractivity contribution < 1.29 is 19.5 Å². The Labute approximate surface area is 157 Å². The number of carbonyl (C=O) groups excluding carboxylic acids is 2. The van der Waals surface area contributed by atoms with Crippen molar-refractivity contribution in [3.05, 3.63) is 77.5 Å². The standard InChI is InChI=1S/C21H20N2O4/c1-14(24)23-12-11-15-7-5-6-10-17(15)18(23)13-19(25)22-20(21(26)27)16-8-3-2-4-9-16/h2-12,18,20H,13H2,1H3,(H,22,25)(H,26,27)/t18-,20-/m0/s1. The minimum atomic E-state index is -1.14. The zero-order chi connectivity index (χ0) is 19.4. The van der Waals surface area contributed by atoms with Crippen LogP contribution in [0.5, 0.6) is 0 Å². The molecule has 0 saturated carbocycles. The number of nitrogens with zero attached hydrogens (tertiary/aromatic N) is 1. The van der Waals surface area contributed by atoms with Crippen LogP contribution in [0, 0.1) is 0 Å². The number of aliphatic carboxylic acids is 1. The Balaban J connectivity index is 1.82. The van der Waals surface area contributed by atoms with Gasteiger partial charge in [-0.3, -0.25) is 9.59 Å². The summed E-state index contributed by atoms with van der Waals surface area (Å²) in [5, 5.41) is 12.1. The van der Waals surface area contributed by atoms with Gasteiger partial charge in [0.1, 0.15) is 0 Å². The number of hydrogen-bond acceptors (Lipinski definition) is 3. The number of amides is 2. The van der Waals surface area contributed by atoms with Crippen molar-refractivity contribution in [1.82, 2.24) is 10.2 Å². The van der Waals surface area contributed by atoms with Gasteiger partial charge in [-0.25, -0.2) is 4.79 Å². The van der Waals surface area contributed by atoms with Gasteiger partial charge in [-0.2, -0.15) is 0 Å². The van der Waals surface area contributed by atoms with Crippen molar-refractivity contribution in [3.8, 4) is 0 Å². The summed E-state index contributed by atoms with van der Waals surface area (Å²) in [7, 11) is 0. The van der Waals surface area contributed by atoms with Gasteiger partial charge in [0, 0.05) is 13.1 Å². The highest BCUT2D eigenvalue weighted by atomic mass is 16.4. The fraction of sp³-hybridized carbons (Fsp3) is 0.190. The molecule has 2 aromatic carbocycles. The lowest BCUT2D eigenvalue weighted by Gasteiger charge is -2.32.